The Balaban J connectivity index is 1.80. The number of hydrogen-bond acceptors (Lipinski definition) is 3. The molecule has 122 valence electrons. The zero-order valence-electron chi connectivity index (χ0n) is 12.8. The Hall–Kier alpha value is -1.17. The van der Waals surface area contributed by atoms with Gasteiger partial charge in [0.25, 0.3) is 0 Å². The minimum atomic E-state index is -0.308. The number of rotatable bonds is 5. The van der Waals surface area contributed by atoms with Crippen LogP contribution in [0.15, 0.2) is 18.2 Å². The number of nitrogens with zero attached hydrogens (tertiary/aromatic N) is 2. The molecule has 1 aromatic carbocycles. The standard InChI is InChI=1S/C16H22ClFN2O2/c1-19(8-7-13-14(17)3-2-4-15(13)18)11-16(22)20-9-5-12(21)6-10-20/h2-4,12,21H,5-11H2,1H3. The SMILES string of the molecule is CN(CCc1c(F)cccc1Cl)CC(=O)N1CCC(O)CC1. The van der Waals surface area contributed by atoms with Gasteiger partial charge in [0, 0.05) is 30.2 Å². The van der Waals surface area contributed by atoms with Gasteiger partial charge >= 0.3 is 0 Å². The highest BCUT2D eigenvalue weighted by Gasteiger charge is 2.22. The highest BCUT2D eigenvalue weighted by molar-refractivity contribution is 6.31. The van der Waals surface area contributed by atoms with E-state index in [1.807, 2.05) is 11.9 Å². The van der Waals surface area contributed by atoms with Crippen molar-refractivity contribution in [3.05, 3.63) is 34.6 Å². The third-order valence-electron chi connectivity index (χ3n) is 4.03. The molecular formula is C16H22ClFN2O2. The number of piperidine rings is 1. The Morgan fingerprint density at radius 2 is 2.14 bits per heavy atom. The Kier molecular flexibility index (Phi) is 6.17. The number of carbonyl (C=O) groups is 1. The first kappa shape index (κ1) is 17.2. The van der Waals surface area contributed by atoms with Crippen LogP contribution in [0.2, 0.25) is 5.02 Å². The lowest BCUT2D eigenvalue weighted by Gasteiger charge is -2.31. The first-order valence-electron chi connectivity index (χ1n) is 7.54. The van der Waals surface area contributed by atoms with Crippen molar-refractivity contribution >= 4 is 17.5 Å². The molecule has 4 nitrogen and oxygen atoms in total. The second-order valence-electron chi connectivity index (χ2n) is 5.80. The van der Waals surface area contributed by atoms with Crippen molar-refractivity contribution in [2.75, 3.05) is 33.2 Å². The van der Waals surface area contributed by atoms with E-state index in [0.717, 1.165) is 0 Å². The van der Waals surface area contributed by atoms with E-state index < -0.39 is 0 Å². The van der Waals surface area contributed by atoms with Gasteiger partial charge in [-0.25, -0.2) is 4.39 Å². The van der Waals surface area contributed by atoms with Crippen LogP contribution in [0, 0.1) is 5.82 Å². The molecule has 1 heterocycles. The molecule has 0 radical (unpaired) electrons. The molecule has 6 heteroatoms. The maximum Gasteiger partial charge on any atom is 0.236 e. The van der Waals surface area contributed by atoms with Crippen molar-refractivity contribution in [1.29, 1.82) is 0 Å². The Bertz CT molecular complexity index is 499. The van der Waals surface area contributed by atoms with E-state index in [9.17, 15) is 14.3 Å². The average Bonchev–Trinajstić information content (AvgIpc) is 2.47. The van der Waals surface area contributed by atoms with E-state index in [2.05, 4.69) is 0 Å². The molecule has 1 amide bonds. The van der Waals surface area contributed by atoms with Crippen molar-refractivity contribution in [1.82, 2.24) is 9.80 Å². The van der Waals surface area contributed by atoms with Gasteiger partial charge in [0.15, 0.2) is 0 Å². The molecule has 0 atom stereocenters. The molecule has 2 rings (SSSR count). The van der Waals surface area contributed by atoms with E-state index in [-0.39, 0.29) is 17.8 Å². The summed E-state index contributed by atoms with van der Waals surface area (Å²) in [5.41, 5.74) is 0.490. The van der Waals surface area contributed by atoms with Gasteiger partial charge in [0.2, 0.25) is 5.91 Å². The number of aliphatic hydroxyl groups excluding tert-OH is 1. The molecule has 1 aliphatic rings. The predicted molar refractivity (Wildman–Crippen MR) is 84.4 cm³/mol. The van der Waals surface area contributed by atoms with Gasteiger partial charge in [-0.15, -0.1) is 0 Å². The molecule has 1 fully saturated rings. The van der Waals surface area contributed by atoms with Gasteiger partial charge in [0.1, 0.15) is 5.82 Å². The highest BCUT2D eigenvalue weighted by Crippen LogP contribution is 2.19. The second kappa shape index (κ2) is 7.90. The number of amides is 1. The van der Waals surface area contributed by atoms with Crippen molar-refractivity contribution < 1.29 is 14.3 Å². The van der Waals surface area contributed by atoms with Crippen LogP contribution < -0.4 is 0 Å². The number of benzene rings is 1. The number of hydrogen-bond donors (Lipinski definition) is 1. The second-order valence-corrected chi connectivity index (χ2v) is 6.21. The van der Waals surface area contributed by atoms with E-state index in [1.54, 1.807) is 17.0 Å². The van der Waals surface area contributed by atoms with Crippen LogP contribution in [0.4, 0.5) is 4.39 Å². The molecule has 1 N–H and O–H groups in total. The van der Waals surface area contributed by atoms with Crippen LogP contribution in [0.25, 0.3) is 0 Å². The van der Waals surface area contributed by atoms with Gasteiger partial charge in [-0.3, -0.25) is 9.69 Å². The van der Waals surface area contributed by atoms with Crippen molar-refractivity contribution in [2.24, 2.45) is 0 Å². The first-order valence-corrected chi connectivity index (χ1v) is 7.92. The number of likely N-dealkylation sites (N-methyl/N-ethyl adjacent to an activating group) is 1. The molecule has 1 saturated heterocycles. The maximum absolute atomic E-state index is 13.7. The first-order chi connectivity index (χ1) is 10.5. The van der Waals surface area contributed by atoms with Crippen LogP contribution in [0.1, 0.15) is 18.4 Å². The third kappa shape index (κ3) is 4.66. The Morgan fingerprint density at radius 1 is 1.45 bits per heavy atom. The lowest BCUT2D eigenvalue weighted by Crippen LogP contribution is -2.44. The summed E-state index contributed by atoms with van der Waals surface area (Å²) in [6.07, 6.45) is 1.46. The summed E-state index contributed by atoms with van der Waals surface area (Å²) in [6.45, 7) is 2.06. The molecule has 1 aliphatic heterocycles. The third-order valence-corrected chi connectivity index (χ3v) is 4.38. The fraction of sp³-hybridized carbons (Fsp3) is 0.562. The molecule has 0 unspecified atom stereocenters. The van der Waals surface area contributed by atoms with Crippen molar-refractivity contribution in [3.8, 4) is 0 Å². The summed E-state index contributed by atoms with van der Waals surface area (Å²) in [7, 11) is 1.84. The molecule has 0 spiro atoms. The van der Waals surface area contributed by atoms with E-state index in [1.165, 1.54) is 6.07 Å². The predicted octanol–water partition coefficient (Wildman–Crippen LogP) is 1.94. The van der Waals surface area contributed by atoms with Gasteiger partial charge in [-0.2, -0.15) is 0 Å². The minimum absolute atomic E-state index is 0.0500. The van der Waals surface area contributed by atoms with Gasteiger partial charge in [-0.1, -0.05) is 17.7 Å². The molecule has 0 saturated carbocycles. The van der Waals surface area contributed by atoms with Crippen molar-refractivity contribution in [2.45, 2.75) is 25.4 Å². The quantitative estimate of drug-likeness (QED) is 0.898. The fourth-order valence-corrected chi connectivity index (χ4v) is 2.86. The molecular weight excluding hydrogens is 307 g/mol. The monoisotopic (exact) mass is 328 g/mol. The summed E-state index contributed by atoms with van der Waals surface area (Å²) in [5, 5.41) is 9.88. The summed E-state index contributed by atoms with van der Waals surface area (Å²) < 4.78 is 13.7. The van der Waals surface area contributed by atoms with E-state index >= 15 is 0 Å². The number of halogens is 2. The molecule has 22 heavy (non-hydrogen) atoms. The lowest BCUT2D eigenvalue weighted by molar-refractivity contribution is -0.134. The zero-order valence-corrected chi connectivity index (χ0v) is 13.5. The normalized spacial score (nSPS) is 16.3. The topological polar surface area (TPSA) is 43.8 Å². The fourth-order valence-electron chi connectivity index (χ4n) is 2.60. The highest BCUT2D eigenvalue weighted by atomic mass is 35.5. The van der Waals surface area contributed by atoms with Crippen LogP contribution in [-0.4, -0.2) is 60.1 Å². The minimum Gasteiger partial charge on any atom is -0.393 e. The van der Waals surface area contributed by atoms with Crippen LogP contribution in [0.5, 0.6) is 0 Å². The van der Waals surface area contributed by atoms with Gasteiger partial charge < -0.3 is 10.0 Å². The van der Waals surface area contributed by atoms with Crippen molar-refractivity contribution in [3.63, 3.8) is 0 Å². The molecule has 0 bridgehead atoms. The summed E-state index contributed by atoms with van der Waals surface area (Å²) >= 11 is 6.00. The lowest BCUT2D eigenvalue weighted by atomic mass is 10.1. The smallest absolute Gasteiger partial charge is 0.236 e. The molecule has 0 aromatic heterocycles. The maximum atomic E-state index is 13.7. The Labute approximate surface area is 135 Å². The zero-order chi connectivity index (χ0) is 16.1. The van der Waals surface area contributed by atoms with Gasteiger partial charge in [0.05, 0.1) is 12.6 Å². The summed E-state index contributed by atoms with van der Waals surface area (Å²) in [5.74, 6) is -0.258. The molecule has 0 aliphatic carbocycles. The average molecular weight is 329 g/mol. The summed E-state index contributed by atoms with van der Waals surface area (Å²) in [4.78, 5) is 15.8. The van der Waals surface area contributed by atoms with Crippen LogP contribution in [0.3, 0.4) is 0 Å². The van der Waals surface area contributed by atoms with E-state index in [4.69, 9.17) is 11.6 Å². The van der Waals surface area contributed by atoms with Gasteiger partial charge in [-0.05, 0) is 38.4 Å². The van der Waals surface area contributed by atoms with Crippen LogP contribution in [-0.2, 0) is 11.2 Å². The van der Waals surface area contributed by atoms with E-state index in [0.29, 0.717) is 56.0 Å². The largest absolute Gasteiger partial charge is 0.393 e. The molecule has 1 aromatic rings. The number of likely N-dealkylation sites (tertiary alicyclic amines) is 1. The summed E-state index contributed by atoms with van der Waals surface area (Å²) in [6, 6.07) is 4.65. The number of aliphatic hydroxyl groups is 1. The Morgan fingerprint density at radius 3 is 2.77 bits per heavy atom. The number of carbonyl (C=O) groups excluding carboxylic acids is 1. The van der Waals surface area contributed by atoms with Crippen LogP contribution >= 0.6 is 11.6 Å².